The summed E-state index contributed by atoms with van der Waals surface area (Å²) in [6, 6.07) is 0. The van der Waals surface area contributed by atoms with Crippen molar-refractivity contribution in [3.8, 4) is 0 Å². The molecule has 0 heterocycles. The Balaban J connectivity index is 2.16. The molecule has 2 aliphatic carbocycles. The first-order chi connectivity index (χ1) is 4.83. The van der Waals surface area contributed by atoms with E-state index in [0.717, 1.165) is 5.88 Å². The van der Waals surface area contributed by atoms with Gasteiger partial charge in [-0.2, -0.15) is 0 Å². The molecule has 10 heavy (non-hydrogen) atoms. The minimum absolute atomic E-state index is 0.351. The van der Waals surface area contributed by atoms with Crippen LogP contribution in [-0.4, -0.2) is 11.3 Å². The molecule has 2 heteroatoms. The lowest BCUT2D eigenvalue weighted by molar-refractivity contribution is 0.500. The van der Waals surface area contributed by atoms with Crippen LogP contribution in [0.5, 0.6) is 0 Å². The van der Waals surface area contributed by atoms with Crippen LogP contribution < -0.4 is 0 Å². The van der Waals surface area contributed by atoms with Crippen LogP contribution in [-0.2, 0) is 0 Å². The van der Waals surface area contributed by atoms with Gasteiger partial charge in [0, 0.05) is 11.3 Å². The number of alkyl halides is 2. The van der Waals surface area contributed by atoms with Gasteiger partial charge in [-0.3, -0.25) is 0 Å². The largest absolute Gasteiger partial charge is 0.126 e. The highest BCUT2D eigenvalue weighted by Crippen LogP contribution is 2.46. The molecule has 0 spiro atoms. The molecule has 0 aromatic carbocycles. The van der Waals surface area contributed by atoms with Crippen LogP contribution in [0.2, 0.25) is 0 Å². The SMILES string of the molecule is ClCC1CC2C=CC1C2Cl. The summed E-state index contributed by atoms with van der Waals surface area (Å²) in [5.74, 6) is 2.62. The second kappa shape index (κ2) is 2.42. The summed E-state index contributed by atoms with van der Waals surface area (Å²) >= 11 is 11.9. The highest BCUT2D eigenvalue weighted by Gasteiger charge is 2.42. The number of rotatable bonds is 1. The highest BCUT2D eigenvalue weighted by atomic mass is 35.5. The minimum Gasteiger partial charge on any atom is -0.126 e. The summed E-state index contributed by atoms with van der Waals surface area (Å²) in [5, 5.41) is 0.351. The Hall–Kier alpha value is 0.320. The molecule has 4 unspecified atom stereocenters. The van der Waals surface area contributed by atoms with E-state index in [2.05, 4.69) is 12.2 Å². The lowest BCUT2D eigenvalue weighted by atomic mass is 9.96. The monoisotopic (exact) mass is 176 g/mol. The van der Waals surface area contributed by atoms with E-state index in [0.29, 0.717) is 23.1 Å². The van der Waals surface area contributed by atoms with Gasteiger partial charge in [0.1, 0.15) is 0 Å². The second-order valence-electron chi connectivity index (χ2n) is 3.22. The predicted molar refractivity (Wildman–Crippen MR) is 44.6 cm³/mol. The Labute approximate surface area is 71.2 Å². The average molecular weight is 177 g/mol. The molecule has 1 saturated carbocycles. The minimum atomic E-state index is 0.351. The Morgan fingerprint density at radius 1 is 1.40 bits per heavy atom. The van der Waals surface area contributed by atoms with E-state index in [9.17, 15) is 0 Å². The third-order valence-corrected chi connectivity index (χ3v) is 3.69. The van der Waals surface area contributed by atoms with Gasteiger partial charge in [-0.05, 0) is 24.2 Å². The number of halogens is 2. The van der Waals surface area contributed by atoms with Crippen LogP contribution in [0.25, 0.3) is 0 Å². The molecule has 0 saturated heterocycles. The molecule has 2 rings (SSSR count). The van der Waals surface area contributed by atoms with Crippen LogP contribution in [0, 0.1) is 17.8 Å². The van der Waals surface area contributed by atoms with E-state index in [4.69, 9.17) is 23.2 Å². The topological polar surface area (TPSA) is 0 Å². The smallest absolute Gasteiger partial charge is 0.0464 e. The number of hydrogen-bond donors (Lipinski definition) is 0. The average Bonchev–Trinajstić information content (AvgIpc) is 2.46. The first-order valence-corrected chi connectivity index (χ1v) is 4.68. The Morgan fingerprint density at radius 3 is 2.50 bits per heavy atom. The molecule has 56 valence electrons. The van der Waals surface area contributed by atoms with Gasteiger partial charge in [-0.1, -0.05) is 12.2 Å². The lowest BCUT2D eigenvalue weighted by Gasteiger charge is -2.13. The highest BCUT2D eigenvalue weighted by molar-refractivity contribution is 6.22. The van der Waals surface area contributed by atoms with E-state index in [1.54, 1.807) is 0 Å². The van der Waals surface area contributed by atoms with Crippen molar-refractivity contribution in [1.29, 1.82) is 0 Å². The van der Waals surface area contributed by atoms with Gasteiger partial charge in [0.25, 0.3) is 0 Å². The Kier molecular flexibility index (Phi) is 1.69. The van der Waals surface area contributed by atoms with Gasteiger partial charge in [-0.15, -0.1) is 23.2 Å². The molecule has 0 aliphatic heterocycles. The summed E-state index contributed by atoms with van der Waals surface area (Å²) in [6.45, 7) is 0. The third-order valence-electron chi connectivity index (χ3n) is 2.67. The van der Waals surface area contributed by atoms with Crippen molar-refractivity contribution in [1.82, 2.24) is 0 Å². The fourth-order valence-corrected chi connectivity index (χ4v) is 2.88. The first-order valence-electron chi connectivity index (χ1n) is 3.71. The Bertz CT molecular complexity index is 165. The van der Waals surface area contributed by atoms with E-state index in [1.165, 1.54) is 6.42 Å². The molecule has 0 aromatic rings. The normalized spacial score (nSPS) is 50.6. The summed E-state index contributed by atoms with van der Waals surface area (Å²) in [7, 11) is 0. The molecule has 4 atom stereocenters. The van der Waals surface area contributed by atoms with Crippen molar-refractivity contribution in [3.05, 3.63) is 12.2 Å². The number of allylic oxidation sites excluding steroid dienone is 2. The molecule has 0 nitrogen and oxygen atoms in total. The van der Waals surface area contributed by atoms with Crippen LogP contribution >= 0.6 is 23.2 Å². The van der Waals surface area contributed by atoms with Crippen molar-refractivity contribution < 1.29 is 0 Å². The molecular weight excluding hydrogens is 167 g/mol. The third kappa shape index (κ3) is 0.820. The van der Waals surface area contributed by atoms with Gasteiger partial charge in [0.2, 0.25) is 0 Å². The molecule has 0 radical (unpaired) electrons. The molecule has 0 amide bonds. The zero-order chi connectivity index (χ0) is 7.14. The van der Waals surface area contributed by atoms with E-state index in [1.807, 2.05) is 0 Å². The molecule has 0 N–H and O–H groups in total. The zero-order valence-corrected chi connectivity index (χ0v) is 7.15. The quantitative estimate of drug-likeness (QED) is 0.426. The standard InChI is InChI=1S/C8H10Cl2/c9-4-6-3-5-1-2-7(6)8(5)10/h1-2,5-8H,3-4H2. The summed E-state index contributed by atoms with van der Waals surface area (Å²) in [5.41, 5.74) is 0. The number of hydrogen-bond acceptors (Lipinski definition) is 0. The van der Waals surface area contributed by atoms with Crippen LogP contribution in [0.15, 0.2) is 12.2 Å². The maximum Gasteiger partial charge on any atom is 0.0464 e. The van der Waals surface area contributed by atoms with Crippen molar-refractivity contribution in [3.63, 3.8) is 0 Å². The van der Waals surface area contributed by atoms with Crippen LogP contribution in [0.3, 0.4) is 0 Å². The van der Waals surface area contributed by atoms with Crippen LogP contribution in [0.1, 0.15) is 6.42 Å². The van der Waals surface area contributed by atoms with Gasteiger partial charge in [0.05, 0.1) is 0 Å². The first kappa shape index (κ1) is 7.00. The van der Waals surface area contributed by atoms with Gasteiger partial charge < -0.3 is 0 Å². The summed E-state index contributed by atoms with van der Waals surface area (Å²) in [6.07, 6.45) is 5.68. The predicted octanol–water partition coefficient (Wildman–Crippen LogP) is 2.65. The van der Waals surface area contributed by atoms with E-state index in [-0.39, 0.29) is 0 Å². The fourth-order valence-electron chi connectivity index (χ4n) is 2.07. The van der Waals surface area contributed by atoms with Gasteiger partial charge in [-0.25, -0.2) is 0 Å². The van der Waals surface area contributed by atoms with Crippen molar-refractivity contribution in [2.24, 2.45) is 17.8 Å². The summed E-state index contributed by atoms with van der Waals surface area (Å²) in [4.78, 5) is 0. The molecule has 2 bridgehead atoms. The molecule has 1 fully saturated rings. The van der Waals surface area contributed by atoms with Crippen molar-refractivity contribution in [2.75, 3.05) is 5.88 Å². The van der Waals surface area contributed by atoms with Gasteiger partial charge >= 0.3 is 0 Å². The van der Waals surface area contributed by atoms with Crippen LogP contribution in [0.4, 0.5) is 0 Å². The molecular formula is C8H10Cl2. The van der Waals surface area contributed by atoms with Gasteiger partial charge in [0.15, 0.2) is 0 Å². The van der Waals surface area contributed by atoms with Crippen molar-refractivity contribution >= 4 is 23.2 Å². The summed E-state index contributed by atoms with van der Waals surface area (Å²) < 4.78 is 0. The Morgan fingerprint density at radius 2 is 2.20 bits per heavy atom. The maximum atomic E-state index is 6.13. The lowest BCUT2D eigenvalue weighted by Crippen LogP contribution is -2.11. The second-order valence-corrected chi connectivity index (χ2v) is 4.03. The fraction of sp³-hybridized carbons (Fsp3) is 0.750. The zero-order valence-electron chi connectivity index (χ0n) is 5.63. The molecule has 2 aliphatic rings. The molecule has 0 aromatic heterocycles. The van der Waals surface area contributed by atoms with E-state index < -0.39 is 0 Å². The maximum absolute atomic E-state index is 6.13. The van der Waals surface area contributed by atoms with Crippen molar-refractivity contribution in [2.45, 2.75) is 11.8 Å². The number of fused-ring (bicyclic) bond motifs is 2. The van der Waals surface area contributed by atoms with E-state index >= 15 is 0 Å².